The number of hydrogen-bond donors (Lipinski definition) is 0. The zero-order chi connectivity index (χ0) is 17.7. The predicted molar refractivity (Wildman–Crippen MR) is 106 cm³/mol. The van der Waals surface area contributed by atoms with Crippen molar-refractivity contribution in [3.05, 3.63) is 52.0 Å². The lowest BCUT2D eigenvalue weighted by Gasteiger charge is -2.11. The van der Waals surface area contributed by atoms with Crippen LogP contribution in [0.4, 0.5) is 17.1 Å². The number of halogens is 2. The molecule has 0 amide bonds. The van der Waals surface area contributed by atoms with Crippen molar-refractivity contribution in [1.29, 1.82) is 0 Å². The van der Waals surface area contributed by atoms with Gasteiger partial charge in [-0.15, -0.1) is 0 Å². The van der Waals surface area contributed by atoms with E-state index in [9.17, 15) is 0 Å². The van der Waals surface area contributed by atoms with E-state index in [1.54, 1.807) is 24.7 Å². The minimum Gasteiger partial charge on any atom is -0.378 e. The number of hydrogen-bond acceptors (Lipinski definition) is 3. The van der Waals surface area contributed by atoms with E-state index in [-0.39, 0.29) is 0 Å². The molecule has 0 spiro atoms. The van der Waals surface area contributed by atoms with E-state index in [2.05, 4.69) is 9.98 Å². The maximum Gasteiger partial charge on any atom is 0.102 e. The molecule has 2 aromatic rings. The van der Waals surface area contributed by atoms with Crippen LogP contribution in [0.3, 0.4) is 0 Å². The van der Waals surface area contributed by atoms with Crippen LogP contribution >= 0.6 is 23.2 Å². The Kier molecular flexibility index (Phi) is 6.23. The Balaban J connectivity index is 2.21. The molecule has 6 heteroatoms. The highest BCUT2D eigenvalue weighted by atomic mass is 35.5. The Labute approximate surface area is 153 Å². The van der Waals surface area contributed by atoms with Crippen LogP contribution in [-0.4, -0.2) is 45.6 Å². The Morgan fingerprint density at radius 3 is 1.96 bits per heavy atom. The second kappa shape index (κ2) is 8.18. The molecule has 0 heterocycles. The minimum atomic E-state index is 0.468. The maximum absolute atomic E-state index is 6.26. The molecule has 0 aliphatic heterocycles. The summed E-state index contributed by atoms with van der Waals surface area (Å²) in [6.45, 7) is 0. The summed E-state index contributed by atoms with van der Waals surface area (Å²) in [5.74, 6) is 0. The standard InChI is InChI=1S/C18H20Cl2N4/c1-23(2)12-22-18-16(19)9-14(10-17(18)20)21-11-13-5-7-15(8-6-13)24(3)4/h5-12H,1-4H3/b21-11+,22-12-. The van der Waals surface area contributed by atoms with Gasteiger partial charge in [-0.1, -0.05) is 35.3 Å². The predicted octanol–water partition coefficient (Wildman–Crippen LogP) is 5.03. The third-order valence-electron chi connectivity index (χ3n) is 3.19. The fraction of sp³-hybridized carbons (Fsp3) is 0.222. The van der Waals surface area contributed by atoms with E-state index in [0.717, 1.165) is 11.3 Å². The number of nitrogens with zero attached hydrogens (tertiary/aromatic N) is 4. The molecular formula is C18H20Cl2N4. The first kappa shape index (κ1) is 18.3. The summed E-state index contributed by atoms with van der Waals surface area (Å²) in [7, 11) is 7.78. The molecule has 0 saturated heterocycles. The Bertz CT molecular complexity index is 727. The normalized spacial score (nSPS) is 11.4. The number of benzene rings is 2. The monoisotopic (exact) mass is 362 g/mol. The first-order valence-electron chi connectivity index (χ1n) is 7.38. The topological polar surface area (TPSA) is 31.2 Å². The molecule has 24 heavy (non-hydrogen) atoms. The molecule has 0 aliphatic carbocycles. The summed E-state index contributed by atoms with van der Waals surface area (Å²) >= 11 is 12.5. The molecule has 0 atom stereocenters. The van der Waals surface area contributed by atoms with Gasteiger partial charge in [-0.3, -0.25) is 4.99 Å². The zero-order valence-corrected chi connectivity index (χ0v) is 15.7. The van der Waals surface area contributed by atoms with Crippen LogP contribution in [0.15, 0.2) is 46.4 Å². The van der Waals surface area contributed by atoms with Crippen LogP contribution in [0, 0.1) is 0 Å². The van der Waals surface area contributed by atoms with Crippen molar-refractivity contribution in [2.45, 2.75) is 0 Å². The van der Waals surface area contributed by atoms with E-state index in [1.807, 2.05) is 62.3 Å². The highest BCUT2D eigenvalue weighted by molar-refractivity contribution is 6.39. The minimum absolute atomic E-state index is 0.468. The highest BCUT2D eigenvalue weighted by Gasteiger charge is 2.06. The van der Waals surface area contributed by atoms with E-state index >= 15 is 0 Å². The Morgan fingerprint density at radius 1 is 0.875 bits per heavy atom. The molecule has 2 rings (SSSR count). The lowest BCUT2D eigenvalue weighted by atomic mass is 10.2. The van der Waals surface area contributed by atoms with Gasteiger partial charge in [0.2, 0.25) is 0 Å². The lowest BCUT2D eigenvalue weighted by Crippen LogP contribution is -2.08. The van der Waals surface area contributed by atoms with E-state index < -0.39 is 0 Å². The molecular weight excluding hydrogens is 343 g/mol. The number of anilines is 1. The maximum atomic E-state index is 6.26. The first-order chi connectivity index (χ1) is 11.4. The highest BCUT2D eigenvalue weighted by Crippen LogP contribution is 2.36. The SMILES string of the molecule is CN(C)/C=N\c1c(Cl)cc(/N=C/c2ccc(N(C)C)cc2)cc1Cl. The fourth-order valence-electron chi connectivity index (χ4n) is 1.93. The van der Waals surface area contributed by atoms with Crippen molar-refractivity contribution in [1.82, 2.24) is 4.90 Å². The average Bonchev–Trinajstić information content (AvgIpc) is 2.52. The molecule has 0 bridgehead atoms. The summed E-state index contributed by atoms with van der Waals surface area (Å²) in [6, 6.07) is 11.6. The Hall–Kier alpha value is -2.04. The second-order valence-electron chi connectivity index (χ2n) is 5.71. The molecule has 0 aromatic heterocycles. The smallest absolute Gasteiger partial charge is 0.102 e. The van der Waals surface area contributed by atoms with Gasteiger partial charge in [-0.2, -0.15) is 0 Å². The van der Waals surface area contributed by atoms with Crippen molar-refractivity contribution in [3.8, 4) is 0 Å². The van der Waals surface area contributed by atoms with Gasteiger partial charge in [0.1, 0.15) is 5.69 Å². The van der Waals surface area contributed by atoms with Gasteiger partial charge >= 0.3 is 0 Å². The van der Waals surface area contributed by atoms with Crippen LogP contribution in [0.1, 0.15) is 5.56 Å². The summed E-state index contributed by atoms with van der Waals surface area (Å²) in [5.41, 5.74) is 3.37. The molecule has 0 unspecified atom stereocenters. The van der Waals surface area contributed by atoms with Gasteiger partial charge < -0.3 is 9.80 Å². The third kappa shape index (κ3) is 4.98. The average molecular weight is 363 g/mol. The number of aliphatic imine (C=N–C) groups is 2. The van der Waals surface area contributed by atoms with Crippen LogP contribution < -0.4 is 4.90 Å². The summed E-state index contributed by atoms with van der Waals surface area (Å²) < 4.78 is 0. The van der Waals surface area contributed by atoms with Crippen LogP contribution in [0.2, 0.25) is 10.0 Å². The van der Waals surface area contributed by atoms with Crippen LogP contribution in [-0.2, 0) is 0 Å². The molecule has 0 radical (unpaired) electrons. The third-order valence-corrected chi connectivity index (χ3v) is 3.77. The van der Waals surface area contributed by atoms with Crippen molar-refractivity contribution < 1.29 is 0 Å². The molecule has 0 aliphatic rings. The zero-order valence-electron chi connectivity index (χ0n) is 14.2. The fourth-order valence-corrected chi connectivity index (χ4v) is 2.50. The van der Waals surface area contributed by atoms with Crippen LogP contribution in [0.25, 0.3) is 0 Å². The van der Waals surface area contributed by atoms with Gasteiger partial charge in [-0.05, 0) is 29.8 Å². The Morgan fingerprint density at radius 2 is 1.46 bits per heavy atom. The van der Waals surface area contributed by atoms with Crippen molar-refractivity contribution >= 4 is 52.8 Å². The van der Waals surface area contributed by atoms with Gasteiger partial charge in [0.05, 0.1) is 22.1 Å². The molecule has 126 valence electrons. The summed E-state index contributed by atoms with van der Waals surface area (Å²) in [5, 5.41) is 0.936. The number of rotatable bonds is 5. The van der Waals surface area contributed by atoms with E-state index in [4.69, 9.17) is 23.2 Å². The van der Waals surface area contributed by atoms with E-state index in [1.165, 1.54) is 0 Å². The second-order valence-corrected chi connectivity index (χ2v) is 6.52. The van der Waals surface area contributed by atoms with Crippen molar-refractivity contribution in [2.75, 3.05) is 33.1 Å². The molecule has 0 saturated carbocycles. The van der Waals surface area contributed by atoms with Gasteiger partial charge in [0.15, 0.2) is 0 Å². The first-order valence-corrected chi connectivity index (χ1v) is 8.13. The van der Waals surface area contributed by atoms with Crippen molar-refractivity contribution in [2.24, 2.45) is 9.98 Å². The molecule has 2 aromatic carbocycles. The largest absolute Gasteiger partial charge is 0.378 e. The summed E-state index contributed by atoms with van der Waals surface area (Å²) in [6.07, 6.45) is 3.44. The molecule has 0 N–H and O–H groups in total. The molecule has 0 fully saturated rings. The lowest BCUT2D eigenvalue weighted by molar-refractivity contribution is 0.643. The van der Waals surface area contributed by atoms with E-state index in [0.29, 0.717) is 21.4 Å². The van der Waals surface area contributed by atoms with Crippen molar-refractivity contribution in [3.63, 3.8) is 0 Å². The summed E-state index contributed by atoms with van der Waals surface area (Å²) in [4.78, 5) is 12.6. The van der Waals surface area contributed by atoms with Gasteiger partial charge in [0, 0.05) is 40.1 Å². The molecule has 4 nitrogen and oxygen atoms in total. The van der Waals surface area contributed by atoms with Crippen LogP contribution in [0.5, 0.6) is 0 Å². The van der Waals surface area contributed by atoms with Gasteiger partial charge in [0.25, 0.3) is 0 Å². The quantitative estimate of drug-likeness (QED) is 0.551. The van der Waals surface area contributed by atoms with Gasteiger partial charge in [-0.25, -0.2) is 4.99 Å².